The number of hydrogen-bond donors (Lipinski definition) is 1. The summed E-state index contributed by atoms with van der Waals surface area (Å²) >= 11 is 0. The molecule has 0 amide bonds. The molecule has 5 heteroatoms. The standard InChI is InChI=1S/C23H16N4O/c1-2-4-18(5-3-1)28-19-8-6-17(7-9-19)23-20-15-25-27-22(20)14-21(26-23)16-10-12-24-13-11-16/h1-15H,(H,25,27). The molecule has 134 valence electrons. The molecule has 0 bridgehead atoms. The van der Waals surface area contributed by atoms with Crippen LogP contribution < -0.4 is 4.74 Å². The summed E-state index contributed by atoms with van der Waals surface area (Å²) in [4.78, 5) is 8.98. The minimum atomic E-state index is 0.781. The highest BCUT2D eigenvalue weighted by Crippen LogP contribution is 2.31. The van der Waals surface area contributed by atoms with Crippen LogP contribution in [0.15, 0.2) is 91.4 Å². The predicted molar refractivity (Wildman–Crippen MR) is 109 cm³/mol. The van der Waals surface area contributed by atoms with Crippen LogP contribution in [-0.4, -0.2) is 20.2 Å². The molecule has 0 aliphatic carbocycles. The van der Waals surface area contributed by atoms with Gasteiger partial charge in [0.25, 0.3) is 0 Å². The van der Waals surface area contributed by atoms with E-state index in [-0.39, 0.29) is 0 Å². The van der Waals surface area contributed by atoms with Gasteiger partial charge in [0.05, 0.1) is 23.1 Å². The van der Waals surface area contributed by atoms with E-state index in [0.29, 0.717) is 0 Å². The number of H-pyrrole nitrogens is 1. The highest BCUT2D eigenvalue weighted by molar-refractivity contribution is 5.94. The van der Waals surface area contributed by atoms with Gasteiger partial charge in [-0.3, -0.25) is 10.1 Å². The van der Waals surface area contributed by atoms with Crippen LogP contribution in [0.1, 0.15) is 0 Å². The monoisotopic (exact) mass is 364 g/mol. The average molecular weight is 364 g/mol. The van der Waals surface area contributed by atoms with E-state index in [4.69, 9.17) is 9.72 Å². The molecule has 5 aromatic rings. The van der Waals surface area contributed by atoms with E-state index in [2.05, 4.69) is 15.2 Å². The van der Waals surface area contributed by atoms with Gasteiger partial charge in [0.15, 0.2) is 0 Å². The molecule has 28 heavy (non-hydrogen) atoms. The van der Waals surface area contributed by atoms with Crippen molar-refractivity contribution in [1.82, 2.24) is 20.2 Å². The second kappa shape index (κ2) is 6.96. The van der Waals surface area contributed by atoms with Crippen LogP contribution in [-0.2, 0) is 0 Å². The zero-order valence-electron chi connectivity index (χ0n) is 14.9. The molecule has 0 saturated heterocycles. The topological polar surface area (TPSA) is 63.7 Å². The smallest absolute Gasteiger partial charge is 0.127 e. The summed E-state index contributed by atoms with van der Waals surface area (Å²) in [5.74, 6) is 1.59. The van der Waals surface area contributed by atoms with Gasteiger partial charge in [-0.05, 0) is 54.6 Å². The molecule has 0 unspecified atom stereocenters. The summed E-state index contributed by atoms with van der Waals surface area (Å²) < 4.78 is 5.89. The third-order valence-corrected chi connectivity index (χ3v) is 4.52. The highest BCUT2D eigenvalue weighted by Gasteiger charge is 2.11. The van der Waals surface area contributed by atoms with Crippen molar-refractivity contribution in [3.05, 3.63) is 91.4 Å². The van der Waals surface area contributed by atoms with Crippen LogP contribution in [0.4, 0.5) is 0 Å². The maximum Gasteiger partial charge on any atom is 0.127 e. The molecule has 0 aliphatic heterocycles. The Kier molecular flexibility index (Phi) is 4.03. The fourth-order valence-corrected chi connectivity index (χ4v) is 3.14. The Labute approximate surface area is 161 Å². The van der Waals surface area contributed by atoms with Gasteiger partial charge in [0.1, 0.15) is 11.5 Å². The van der Waals surface area contributed by atoms with E-state index in [1.54, 1.807) is 12.4 Å². The van der Waals surface area contributed by atoms with Crippen LogP contribution in [0, 0.1) is 0 Å². The Morgan fingerprint density at radius 2 is 1.50 bits per heavy atom. The Morgan fingerprint density at radius 1 is 0.750 bits per heavy atom. The third kappa shape index (κ3) is 3.10. The van der Waals surface area contributed by atoms with Crippen LogP contribution >= 0.6 is 0 Å². The van der Waals surface area contributed by atoms with Crippen LogP contribution in [0.3, 0.4) is 0 Å². The molecule has 5 rings (SSSR count). The van der Waals surface area contributed by atoms with Gasteiger partial charge < -0.3 is 4.74 Å². The number of rotatable bonds is 4. The first-order chi connectivity index (χ1) is 13.9. The van der Waals surface area contributed by atoms with Crippen molar-refractivity contribution < 1.29 is 4.74 Å². The average Bonchev–Trinajstić information content (AvgIpc) is 3.24. The predicted octanol–water partition coefficient (Wildman–Crippen LogP) is 5.48. The molecule has 0 saturated carbocycles. The van der Waals surface area contributed by atoms with Gasteiger partial charge in [-0.15, -0.1) is 0 Å². The largest absolute Gasteiger partial charge is 0.457 e. The highest BCUT2D eigenvalue weighted by atomic mass is 16.5. The zero-order chi connectivity index (χ0) is 18.8. The van der Waals surface area contributed by atoms with E-state index in [9.17, 15) is 0 Å². The summed E-state index contributed by atoms with van der Waals surface area (Å²) in [6.07, 6.45) is 5.34. The van der Waals surface area contributed by atoms with E-state index in [1.807, 2.05) is 79.0 Å². The lowest BCUT2D eigenvalue weighted by atomic mass is 10.1. The number of aromatic amines is 1. The fraction of sp³-hybridized carbons (Fsp3) is 0. The van der Waals surface area contributed by atoms with Crippen molar-refractivity contribution in [1.29, 1.82) is 0 Å². The first kappa shape index (κ1) is 16.2. The minimum absolute atomic E-state index is 0.781. The molecule has 0 spiro atoms. The SMILES string of the molecule is c1ccc(Oc2ccc(-c3nc(-c4ccncc4)cc4[nH]ncc34)cc2)cc1. The van der Waals surface area contributed by atoms with E-state index >= 15 is 0 Å². The van der Waals surface area contributed by atoms with Gasteiger partial charge in [-0.25, -0.2) is 4.98 Å². The van der Waals surface area contributed by atoms with E-state index in [1.165, 1.54) is 0 Å². The van der Waals surface area contributed by atoms with Crippen molar-refractivity contribution in [2.24, 2.45) is 0 Å². The van der Waals surface area contributed by atoms with Crippen molar-refractivity contribution in [3.8, 4) is 34.0 Å². The van der Waals surface area contributed by atoms with E-state index in [0.717, 1.165) is 44.9 Å². The number of nitrogens with zero attached hydrogens (tertiary/aromatic N) is 3. The van der Waals surface area contributed by atoms with Crippen LogP contribution in [0.25, 0.3) is 33.4 Å². The third-order valence-electron chi connectivity index (χ3n) is 4.52. The Hall–Kier alpha value is -3.99. The van der Waals surface area contributed by atoms with Crippen molar-refractivity contribution in [3.63, 3.8) is 0 Å². The molecule has 5 nitrogen and oxygen atoms in total. The molecule has 0 fully saturated rings. The lowest BCUT2D eigenvalue weighted by Crippen LogP contribution is -1.91. The van der Waals surface area contributed by atoms with Gasteiger partial charge in [-0.1, -0.05) is 18.2 Å². The maximum absolute atomic E-state index is 5.89. The normalized spacial score (nSPS) is 10.9. The number of hydrogen-bond acceptors (Lipinski definition) is 4. The molecular formula is C23H16N4O. The van der Waals surface area contributed by atoms with Crippen LogP contribution in [0.2, 0.25) is 0 Å². The van der Waals surface area contributed by atoms with Crippen molar-refractivity contribution in [2.45, 2.75) is 0 Å². The number of benzene rings is 2. The van der Waals surface area contributed by atoms with E-state index < -0.39 is 0 Å². The molecule has 2 aromatic carbocycles. The van der Waals surface area contributed by atoms with Gasteiger partial charge in [0.2, 0.25) is 0 Å². The summed E-state index contributed by atoms with van der Waals surface area (Å²) in [5, 5.41) is 8.23. The zero-order valence-corrected chi connectivity index (χ0v) is 14.9. The summed E-state index contributed by atoms with van der Waals surface area (Å²) in [6.45, 7) is 0. The molecular weight excluding hydrogens is 348 g/mol. The molecule has 1 N–H and O–H groups in total. The molecule has 0 aliphatic rings. The summed E-state index contributed by atoms with van der Waals surface area (Å²) in [6, 6.07) is 23.6. The fourth-order valence-electron chi connectivity index (χ4n) is 3.14. The molecule has 3 aromatic heterocycles. The molecule has 0 atom stereocenters. The van der Waals surface area contributed by atoms with Crippen molar-refractivity contribution in [2.75, 3.05) is 0 Å². The first-order valence-electron chi connectivity index (χ1n) is 8.95. The Morgan fingerprint density at radius 3 is 2.29 bits per heavy atom. The quantitative estimate of drug-likeness (QED) is 0.459. The number of nitrogens with one attached hydrogen (secondary N) is 1. The summed E-state index contributed by atoms with van der Waals surface area (Å²) in [5.41, 5.74) is 4.71. The van der Waals surface area contributed by atoms with Gasteiger partial charge in [0, 0.05) is 28.9 Å². The minimum Gasteiger partial charge on any atom is -0.457 e. The van der Waals surface area contributed by atoms with Gasteiger partial charge >= 0.3 is 0 Å². The number of para-hydroxylation sites is 1. The Bertz CT molecular complexity index is 1220. The second-order valence-corrected chi connectivity index (χ2v) is 6.36. The van der Waals surface area contributed by atoms with Crippen LogP contribution in [0.5, 0.6) is 11.5 Å². The summed E-state index contributed by atoms with van der Waals surface area (Å²) in [7, 11) is 0. The number of aromatic nitrogens is 4. The number of pyridine rings is 2. The maximum atomic E-state index is 5.89. The number of fused-ring (bicyclic) bond motifs is 1. The lowest BCUT2D eigenvalue weighted by Gasteiger charge is -2.09. The van der Waals surface area contributed by atoms with Gasteiger partial charge in [-0.2, -0.15) is 5.10 Å². The first-order valence-corrected chi connectivity index (χ1v) is 8.95. The van der Waals surface area contributed by atoms with Crippen molar-refractivity contribution >= 4 is 10.9 Å². The lowest BCUT2D eigenvalue weighted by molar-refractivity contribution is 0.483. The second-order valence-electron chi connectivity index (χ2n) is 6.36. The molecule has 3 heterocycles. The molecule has 0 radical (unpaired) electrons. The number of ether oxygens (including phenoxy) is 1. The Balaban J connectivity index is 1.54.